The molecule has 0 unspecified atom stereocenters. The number of pyridine rings is 1. The highest BCUT2D eigenvalue weighted by molar-refractivity contribution is 7.13. The number of rotatable bonds is 3. The van der Waals surface area contributed by atoms with Gasteiger partial charge in [0, 0.05) is 23.3 Å². The zero-order valence-corrected chi connectivity index (χ0v) is 15.5. The SMILES string of the molecule is Cc1ccc(O)c(C)c1-c1cn2nc(-c3nccs3)cc2c(C(N)=O)c1N. The van der Waals surface area contributed by atoms with Crippen molar-refractivity contribution < 1.29 is 9.90 Å². The molecule has 0 saturated heterocycles. The zero-order chi connectivity index (χ0) is 19.3. The second-order valence-corrected chi connectivity index (χ2v) is 7.19. The molecule has 0 aliphatic carbocycles. The zero-order valence-electron chi connectivity index (χ0n) is 14.7. The van der Waals surface area contributed by atoms with E-state index in [9.17, 15) is 9.90 Å². The van der Waals surface area contributed by atoms with E-state index in [1.807, 2.05) is 12.3 Å². The molecule has 0 aliphatic heterocycles. The Labute approximate surface area is 158 Å². The van der Waals surface area contributed by atoms with Crippen LogP contribution in [0, 0.1) is 13.8 Å². The first kappa shape index (κ1) is 17.0. The fourth-order valence-corrected chi connectivity index (χ4v) is 3.90. The van der Waals surface area contributed by atoms with E-state index >= 15 is 0 Å². The highest BCUT2D eigenvalue weighted by Crippen LogP contribution is 2.38. The van der Waals surface area contributed by atoms with Gasteiger partial charge < -0.3 is 16.6 Å². The molecular weight excluding hydrogens is 362 g/mol. The van der Waals surface area contributed by atoms with Crippen molar-refractivity contribution in [1.82, 2.24) is 14.6 Å². The number of anilines is 1. The first-order chi connectivity index (χ1) is 12.9. The standard InChI is InChI=1S/C19H17N5O2S/c1-9-3-4-14(25)10(2)15(9)11-8-24-13(16(17(11)20)18(21)26)7-12(23-24)19-22-5-6-27-19/h3-8,25H,20H2,1-2H3,(H2,21,26). The number of nitrogens with zero attached hydrogens (tertiary/aromatic N) is 3. The molecule has 5 N–H and O–H groups in total. The van der Waals surface area contributed by atoms with Gasteiger partial charge in [0.25, 0.3) is 5.91 Å². The van der Waals surface area contributed by atoms with Crippen LogP contribution >= 0.6 is 11.3 Å². The Morgan fingerprint density at radius 1 is 1.30 bits per heavy atom. The number of phenols is 1. The van der Waals surface area contributed by atoms with Crippen molar-refractivity contribution in [1.29, 1.82) is 0 Å². The van der Waals surface area contributed by atoms with Crippen molar-refractivity contribution in [3.05, 3.63) is 52.7 Å². The lowest BCUT2D eigenvalue weighted by Gasteiger charge is -2.16. The lowest BCUT2D eigenvalue weighted by atomic mass is 9.93. The van der Waals surface area contributed by atoms with Gasteiger partial charge in [0.15, 0.2) is 0 Å². The van der Waals surface area contributed by atoms with Gasteiger partial charge in [-0.2, -0.15) is 5.10 Å². The van der Waals surface area contributed by atoms with Gasteiger partial charge in [-0.05, 0) is 42.7 Å². The minimum Gasteiger partial charge on any atom is -0.508 e. The Bertz CT molecular complexity index is 1200. The van der Waals surface area contributed by atoms with Gasteiger partial charge in [-0.15, -0.1) is 11.3 Å². The van der Waals surface area contributed by atoms with E-state index in [4.69, 9.17) is 11.5 Å². The topological polar surface area (TPSA) is 120 Å². The Kier molecular flexibility index (Phi) is 3.85. The van der Waals surface area contributed by atoms with Crippen molar-refractivity contribution in [2.24, 2.45) is 5.73 Å². The number of fused-ring (bicyclic) bond motifs is 1. The number of benzene rings is 1. The first-order valence-corrected chi connectivity index (χ1v) is 9.07. The normalized spacial score (nSPS) is 11.2. The van der Waals surface area contributed by atoms with Crippen LogP contribution in [0.25, 0.3) is 27.3 Å². The van der Waals surface area contributed by atoms with Crippen LogP contribution in [0.3, 0.4) is 0 Å². The molecular formula is C19H17N5O2S. The molecule has 0 radical (unpaired) electrons. The number of amides is 1. The summed E-state index contributed by atoms with van der Waals surface area (Å²) in [5.74, 6) is -0.486. The second-order valence-electron chi connectivity index (χ2n) is 6.29. The number of nitrogens with two attached hydrogens (primary N) is 2. The van der Waals surface area contributed by atoms with Gasteiger partial charge in [-0.3, -0.25) is 4.79 Å². The van der Waals surface area contributed by atoms with Crippen molar-refractivity contribution >= 4 is 28.4 Å². The minimum atomic E-state index is -0.639. The number of carbonyl (C=O) groups excluding carboxylic acids is 1. The number of primary amides is 1. The number of aryl methyl sites for hydroxylation is 1. The van der Waals surface area contributed by atoms with E-state index in [1.165, 1.54) is 11.3 Å². The summed E-state index contributed by atoms with van der Waals surface area (Å²) in [6, 6.07) is 5.18. The van der Waals surface area contributed by atoms with E-state index in [1.54, 1.807) is 42.0 Å². The average Bonchev–Trinajstić information content (AvgIpc) is 3.27. The van der Waals surface area contributed by atoms with Gasteiger partial charge in [-0.25, -0.2) is 9.50 Å². The molecule has 3 heterocycles. The Morgan fingerprint density at radius 3 is 2.74 bits per heavy atom. The molecule has 0 fully saturated rings. The number of hydrogen-bond donors (Lipinski definition) is 3. The third-order valence-corrected chi connectivity index (χ3v) is 5.41. The molecule has 0 atom stereocenters. The summed E-state index contributed by atoms with van der Waals surface area (Å²) in [6.07, 6.45) is 3.45. The summed E-state index contributed by atoms with van der Waals surface area (Å²) in [5, 5.41) is 17.3. The van der Waals surface area contributed by atoms with Crippen LogP contribution in [0.15, 0.2) is 36.0 Å². The van der Waals surface area contributed by atoms with Gasteiger partial charge in [0.05, 0.1) is 16.8 Å². The van der Waals surface area contributed by atoms with Gasteiger partial charge in [0.2, 0.25) is 0 Å². The molecule has 136 valence electrons. The van der Waals surface area contributed by atoms with Crippen molar-refractivity contribution in [2.45, 2.75) is 13.8 Å². The predicted molar refractivity (Wildman–Crippen MR) is 106 cm³/mol. The molecule has 0 bridgehead atoms. The molecule has 0 spiro atoms. The number of aromatic nitrogens is 3. The molecule has 7 nitrogen and oxygen atoms in total. The maximum absolute atomic E-state index is 12.2. The number of aromatic hydroxyl groups is 1. The summed E-state index contributed by atoms with van der Waals surface area (Å²) in [7, 11) is 0. The van der Waals surface area contributed by atoms with Crippen molar-refractivity contribution in [2.75, 3.05) is 5.73 Å². The fourth-order valence-electron chi connectivity index (χ4n) is 3.31. The van der Waals surface area contributed by atoms with E-state index in [2.05, 4.69) is 10.1 Å². The minimum absolute atomic E-state index is 0.152. The Hall–Kier alpha value is -3.39. The molecule has 1 amide bonds. The molecule has 4 aromatic rings. The molecule has 0 saturated carbocycles. The molecule has 27 heavy (non-hydrogen) atoms. The quantitative estimate of drug-likeness (QED) is 0.505. The van der Waals surface area contributed by atoms with Crippen molar-refractivity contribution in [3.63, 3.8) is 0 Å². The van der Waals surface area contributed by atoms with Crippen LogP contribution in [0.5, 0.6) is 5.75 Å². The van der Waals surface area contributed by atoms with E-state index in [-0.39, 0.29) is 17.0 Å². The number of thiazole rings is 1. The highest BCUT2D eigenvalue weighted by atomic mass is 32.1. The van der Waals surface area contributed by atoms with Crippen LogP contribution in [0.4, 0.5) is 5.69 Å². The van der Waals surface area contributed by atoms with Crippen molar-refractivity contribution in [3.8, 4) is 27.6 Å². The summed E-state index contributed by atoms with van der Waals surface area (Å²) in [6.45, 7) is 3.72. The molecule has 4 rings (SSSR count). The first-order valence-electron chi connectivity index (χ1n) is 8.19. The Balaban J connectivity index is 2.08. The van der Waals surface area contributed by atoms with E-state index < -0.39 is 5.91 Å². The van der Waals surface area contributed by atoms with E-state index in [0.29, 0.717) is 22.3 Å². The van der Waals surface area contributed by atoms with Crippen LogP contribution in [0.1, 0.15) is 21.5 Å². The monoisotopic (exact) mass is 379 g/mol. The van der Waals surface area contributed by atoms with Crippen LogP contribution in [-0.4, -0.2) is 25.6 Å². The fraction of sp³-hybridized carbons (Fsp3) is 0.105. The van der Waals surface area contributed by atoms with Crippen LogP contribution in [0.2, 0.25) is 0 Å². The maximum Gasteiger partial charge on any atom is 0.253 e. The maximum atomic E-state index is 12.2. The van der Waals surface area contributed by atoms with Crippen LogP contribution in [-0.2, 0) is 0 Å². The highest BCUT2D eigenvalue weighted by Gasteiger charge is 2.22. The van der Waals surface area contributed by atoms with E-state index in [0.717, 1.165) is 16.1 Å². The summed E-state index contributed by atoms with van der Waals surface area (Å²) >= 11 is 1.45. The van der Waals surface area contributed by atoms with Gasteiger partial charge in [-0.1, -0.05) is 6.07 Å². The molecule has 8 heteroatoms. The summed E-state index contributed by atoms with van der Waals surface area (Å²) in [4.78, 5) is 16.5. The number of phenolic OH excluding ortho intramolecular Hbond substituents is 1. The molecule has 3 aromatic heterocycles. The number of hydrogen-bond acceptors (Lipinski definition) is 6. The van der Waals surface area contributed by atoms with Gasteiger partial charge >= 0.3 is 0 Å². The molecule has 0 aliphatic rings. The molecule has 1 aromatic carbocycles. The predicted octanol–water partition coefficient (Wildman–Crippen LogP) is 3.13. The van der Waals surface area contributed by atoms with Gasteiger partial charge in [0.1, 0.15) is 16.5 Å². The lowest BCUT2D eigenvalue weighted by molar-refractivity contribution is 0.100. The summed E-state index contributed by atoms with van der Waals surface area (Å²) < 4.78 is 1.59. The summed E-state index contributed by atoms with van der Waals surface area (Å²) in [5.41, 5.74) is 16.5. The number of carbonyl (C=O) groups is 1. The Morgan fingerprint density at radius 2 is 2.07 bits per heavy atom. The lowest BCUT2D eigenvalue weighted by Crippen LogP contribution is -2.16. The third-order valence-electron chi connectivity index (χ3n) is 4.61. The van der Waals surface area contributed by atoms with Crippen LogP contribution < -0.4 is 11.5 Å². The number of nitrogen functional groups attached to an aromatic ring is 1. The average molecular weight is 379 g/mol. The second kappa shape index (κ2) is 6.10. The third kappa shape index (κ3) is 2.61. The largest absolute Gasteiger partial charge is 0.508 e. The smallest absolute Gasteiger partial charge is 0.253 e.